The van der Waals surface area contributed by atoms with E-state index < -0.39 is 0 Å². The highest BCUT2D eigenvalue weighted by Gasteiger charge is 2.02. The third kappa shape index (κ3) is 4.34. The number of halogens is 1. The van der Waals surface area contributed by atoms with Gasteiger partial charge in [-0.1, -0.05) is 61.4 Å². The van der Waals surface area contributed by atoms with Gasteiger partial charge in [-0.3, -0.25) is 0 Å². The van der Waals surface area contributed by atoms with Crippen LogP contribution in [0.25, 0.3) is 11.0 Å². The van der Waals surface area contributed by atoms with Gasteiger partial charge in [-0.15, -0.1) is 0 Å². The van der Waals surface area contributed by atoms with E-state index in [1.54, 1.807) is 0 Å². The molecule has 0 aliphatic carbocycles. The molecule has 0 aliphatic heterocycles. The van der Waals surface area contributed by atoms with Crippen molar-refractivity contribution in [2.75, 3.05) is 0 Å². The molecule has 0 unspecified atom stereocenters. The molecule has 2 rings (SSSR count). The summed E-state index contributed by atoms with van der Waals surface area (Å²) < 4.78 is 3.40. The van der Waals surface area contributed by atoms with Gasteiger partial charge in [-0.2, -0.15) is 0 Å². The van der Waals surface area contributed by atoms with Crippen molar-refractivity contribution in [2.24, 2.45) is 0 Å². The number of aryl methyl sites for hydroxylation is 1. The molecule has 2 aromatic rings. The van der Waals surface area contributed by atoms with Crippen LogP contribution in [0.2, 0.25) is 0 Å². The molecular formula is C16H23BrN2. The Balaban J connectivity index is 1.77. The number of fused-ring (bicyclic) bond motifs is 1. The molecule has 2 nitrogen and oxygen atoms in total. The van der Waals surface area contributed by atoms with Gasteiger partial charge >= 0.3 is 0 Å². The van der Waals surface area contributed by atoms with E-state index in [-0.39, 0.29) is 0 Å². The van der Waals surface area contributed by atoms with E-state index in [9.17, 15) is 0 Å². The fourth-order valence-corrected chi connectivity index (χ4v) is 2.80. The Morgan fingerprint density at radius 2 is 1.79 bits per heavy atom. The lowest BCUT2D eigenvalue weighted by molar-refractivity contribution is 0.555. The number of imidazole rings is 1. The quantitative estimate of drug-likeness (QED) is 0.582. The zero-order valence-electron chi connectivity index (χ0n) is 11.7. The SMILES string of the molecule is CCCCCCCCCn1cnc2ccc(Br)cc21. The molecule has 1 heterocycles. The molecular weight excluding hydrogens is 300 g/mol. The van der Waals surface area contributed by atoms with Crippen LogP contribution in [-0.2, 0) is 6.54 Å². The van der Waals surface area contributed by atoms with Gasteiger partial charge in [0.25, 0.3) is 0 Å². The minimum Gasteiger partial charge on any atom is -0.331 e. The van der Waals surface area contributed by atoms with Crippen molar-refractivity contribution in [3.8, 4) is 0 Å². The molecule has 1 aromatic heterocycles. The molecule has 19 heavy (non-hydrogen) atoms. The van der Waals surface area contributed by atoms with Gasteiger partial charge in [-0.25, -0.2) is 4.98 Å². The van der Waals surface area contributed by atoms with Gasteiger partial charge in [0.15, 0.2) is 0 Å². The van der Waals surface area contributed by atoms with Crippen LogP contribution >= 0.6 is 15.9 Å². The molecule has 0 radical (unpaired) electrons. The Bertz CT molecular complexity index is 504. The molecule has 0 bridgehead atoms. The van der Waals surface area contributed by atoms with Gasteiger partial charge in [0, 0.05) is 11.0 Å². The lowest BCUT2D eigenvalue weighted by Crippen LogP contribution is -1.96. The molecule has 0 N–H and O–H groups in total. The summed E-state index contributed by atoms with van der Waals surface area (Å²) in [5, 5.41) is 0. The topological polar surface area (TPSA) is 17.8 Å². The molecule has 0 amide bonds. The van der Waals surface area contributed by atoms with Gasteiger partial charge in [-0.05, 0) is 24.6 Å². The van der Waals surface area contributed by atoms with Crippen LogP contribution in [0.1, 0.15) is 51.9 Å². The molecule has 3 heteroatoms. The van der Waals surface area contributed by atoms with E-state index in [0.29, 0.717) is 0 Å². The molecule has 0 atom stereocenters. The van der Waals surface area contributed by atoms with Gasteiger partial charge in [0.2, 0.25) is 0 Å². The number of hydrogen-bond acceptors (Lipinski definition) is 1. The average Bonchev–Trinajstić information content (AvgIpc) is 2.80. The molecule has 0 saturated heterocycles. The Morgan fingerprint density at radius 3 is 2.58 bits per heavy atom. The maximum Gasteiger partial charge on any atom is 0.0958 e. The number of unbranched alkanes of at least 4 members (excludes halogenated alkanes) is 6. The second kappa shape index (κ2) is 7.68. The summed E-state index contributed by atoms with van der Waals surface area (Å²) in [6.45, 7) is 3.35. The second-order valence-electron chi connectivity index (χ2n) is 5.19. The zero-order valence-corrected chi connectivity index (χ0v) is 13.3. The number of nitrogens with zero attached hydrogens (tertiary/aromatic N) is 2. The lowest BCUT2D eigenvalue weighted by atomic mass is 10.1. The highest BCUT2D eigenvalue weighted by molar-refractivity contribution is 9.10. The number of hydrogen-bond donors (Lipinski definition) is 0. The standard InChI is InChI=1S/C16H23BrN2/c1-2-3-4-5-6-7-8-11-19-13-18-15-10-9-14(17)12-16(15)19/h9-10,12-13H,2-8,11H2,1H3. The Labute approximate surface area is 124 Å². The first-order valence-electron chi connectivity index (χ1n) is 7.41. The Hall–Kier alpha value is -0.830. The molecule has 0 saturated carbocycles. The van der Waals surface area contributed by atoms with Crippen molar-refractivity contribution in [1.29, 1.82) is 0 Å². The van der Waals surface area contributed by atoms with Crippen molar-refractivity contribution in [3.63, 3.8) is 0 Å². The second-order valence-corrected chi connectivity index (χ2v) is 6.11. The summed E-state index contributed by atoms with van der Waals surface area (Å²) in [7, 11) is 0. The van der Waals surface area contributed by atoms with E-state index in [0.717, 1.165) is 16.5 Å². The first-order chi connectivity index (χ1) is 9.31. The number of benzene rings is 1. The van der Waals surface area contributed by atoms with Gasteiger partial charge in [0.1, 0.15) is 0 Å². The van der Waals surface area contributed by atoms with Crippen molar-refractivity contribution < 1.29 is 0 Å². The van der Waals surface area contributed by atoms with Crippen molar-refractivity contribution in [3.05, 3.63) is 29.0 Å². The summed E-state index contributed by atoms with van der Waals surface area (Å²) >= 11 is 3.53. The molecule has 104 valence electrons. The van der Waals surface area contributed by atoms with E-state index in [2.05, 4.69) is 44.5 Å². The minimum atomic E-state index is 1.08. The highest BCUT2D eigenvalue weighted by atomic mass is 79.9. The van der Waals surface area contributed by atoms with Crippen LogP contribution in [0.15, 0.2) is 29.0 Å². The fraction of sp³-hybridized carbons (Fsp3) is 0.562. The number of rotatable bonds is 8. The first kappa shape index (κ1) is 14.6. The smallest absolute Gasteiger partial charge is 0.0958 e. The highest BCUT2D eigenvalue weighted by Crippen LogP contribution is 2.19. The summed E-state index contributed by atoms with van der Waals surface area (Å²) in [6.07, 6.45) is 11.4. The molecule has 0 spiro atoms. The van der Waals surface area contributed by atoms with E-state index in [1.165, 1.54) is 50.5 Å². The van der Waals surface area contributed by atoms with Crippen molar-refractivity contribution in [1.82, 2.24) is 9.55 Å². The first-order valence-corrected chi connectivity index (χ1v) is 8.21. The predicted octanol–water partition coefficient (Wildman–Crippen LogP) is 5.55. The van der Waals surface area contributed by atoms with Crippen molar-refractivity contribution >= 4 is 27.0 Å². The van der Waals surface area contributed by atoms with E-state index in [4.69, 9.17) is 0 Å². The van der Waals surface area contributed by atoms with Crippen LogP contribution in [0.5, 0.6) is 0 Å². The van der Waals surface area contributed by atoms with E-state index in [1.807, 2.05) is 12.4 Å². The summed E-state index contributed by atoms with van der Waals surface area (Å²) in [5.74, 6) is 0. The maximum atomic E-state index is 4.44. The number of aromatic nitrogens is 2. The van der Waals surface area contributed by atoms with Crippen molar-refractivity contribution in [2.45, 2.75) is 58.4 Å². The third-order valence-electron chi connectivity index (χ3n) is 3.59. The normalized spacial score (nSPS) is 11.3. The molecule has 0 aliphatic rings. The van der Waals surface area contributed by atoms with Crippen LogP contribution in [0, 0.1) is 0 Å². The van der Waals surface area contributed by atoms with Gasteiger partial charge in [0.05, 0.1) is 17.4 Å². The predicted molar refractivity (Wildman–Crippen MR) is 85.4 cm³/mol. The molecule has 1 aromatic carbocycles. The monoisotopic (exact) mass is 322 g/mol. The minimum absolute atomic E-state index is 1.08. The lowest BCUT2D eigenvalue weighted by Gasteiger charge is -2.05. The van der Waals surface area contributed by atoms with Gasteiger partial charge < -0.3 is 4.57 Å². The Kier molecular flexibility index (Phi) is 5.90. The van der Waals surface area contributed by atoms with Crippen LogP contribution in [-0.4, -0.2) is 9.55 Å². The third-order valence-corrected chi connectivity index (χ3v) is 4.08. The summed E-state index contributed by atoms with van der Waals surface area (Å²) in [6, 6.07) is 6.28. The zero-order chi connectivity index (χ0) is 13.5. The van der Waals surface area contributed by atoms with Crippen LogP contribution < -0.4 is 0 Å². The van der Waals surface area contributed by atoms with E-state index >= 15 is 0 Å². The summed E-state index contributed by atoms with van der Waals surface area (Å²) in [4.78, 5) is 4.44. The maximum absolute atomic E-state index is 4.44. The average molecular weight is 323 g/mol. The van der Waals surface area contributed by atoms with Crippen LogP contribution in [0.3, 0.4) is 0 Å². The fourth-order valence-electron chi connectivity index (χ4n) is 2.45. The largest absolute Gasteiger partial charge is 0.331 e. The van der Waals surface area contributed by atoms with Crippen LogP contribution in [0.4, 0.5) is 0 Å². The Morgan fingerprint density at radius 1 is 1.05 bits per heavy atom. The summed E-state index contributed by atoms with van der Waals surface area (Å²) in [5.41, 5.74) is 2.33. The molecule has 0 fully saturated rings.